The monoisotopic (exact) mass is 257 g/mol. The van der Waals surface area contributed by atoms with Crippen molar-refractivity contribution < 1.29 is 14.0 Å². The Labute approximate surface area is 108 Å². The normalized spacial score (nSPS) is 10.8. The molecule has 0 unspecified atom stereocenters. The zero-order valence-electron chi connectivity index (χ0n) is 9.91. The third-order valence-corrected chi connectivity index (χ3v) is 2.63. The summed E-state index contributed by atoms with van der Waals surface area (Å²) >= 11 is 0. The summed E-state index contributed by atoms with van der Waals surface area (Å²) in [5.41, 5.74) is 6.22. The number of phenols is 1. The molecule has 0 bridgehead atoms. The molecule has 1 aromatic carbocycles. The van der Waals surface area contributed by atoms with E-state index in [1.54, 1.807) is 36.4 Å². The SMILES string of the molecule is NCc1ccc(-c2nc(-c3ccc(O)cc3)no2)o1. The maximum atomic E-state index is 9.23. The molecule has 0 spiro atoms. The smallest absolute Gasteiger partial charge is 0.293 e. The van der Waals surface area contributed by atoms with Crippen molar-refractivity contribution in [2.24, 2.45) is 5.73 Å². The van der Waals surface area contributed by atoms with Gasteiger partial charge in [0.1, 0.15) is 11.5 Å². The van der Waals surface area contributed by atoms with Crippen molar-refractivity contribution in [2.75, 3.05) is 0 Å². The molecule has 2 heterocycles. The Hall–Kier alpha value is -2.60. The number of nitrogens with zero attached hydrogens (tertiary/aromatic N) is 2. The van der Waals surface area contributed by atoms with Gasteiger partial charge in [-0.2, -0.15) is 4.98 Å². The van der Waals surface area contributed by atoms with Crippen LogP contribution < -0.4 is 5.73 Å². The minimum Gasteiger partial charge on any atom is -0.508 e. The molecule has 3 N–H and O–H groups in total. The van der Waals surface area contributed by atoms with Gasteiger partial charge in [-0.05, 0) is 36.4 Å². The molecule has 2 aromatic heterocycles. The highest BCUT2D eigenvalue weighted by Gasteiger charge is 2.13. The lowest BCUT2D eigenvalue weighted by Gasteiger charge is -1.93. The highest BCUT2D eigenvalue weighted by molar-refractivity contribution is 5.58. The fraction of sp³-hybridized carbons (Fsp3) is 0.0769. The van der Waals surface area contributed by atoms with Crippen LogP contribution in [0.25, 0.3) is 23.0 Å². The van der Waals surface area contributed by atoms with E-state index < -0.39 is 0 Å². The molecule has 6 nitrogen and oxygen atoms in total. The van der Waals surface area contributed by atoms with Gasteiger partial charge in [0.25, 0.3) is 5.89 Å². The molecule has 0 atom stereocenters. The molecule has 0 saturated carbocycles. The molecule has 19 heavy (non-hydrogen) atoms. The number of aromatic hydroxyl groups is 1. The number of hydrogen-bond donors (Lipinski definition) is 2. The molecular weight excluding hydrogens is 246 g/mol. The average Bonchev–Trinajstić information content (AvgIpc) is 3.08. The highest BCUT2D eigenvalue weighted by atomic mass is 16.5. The Kier molecular flexibility index (Phi) is 2.77. The largest absolute Gasteiger partial charge is 0.508 e. The third-order valence-electron chi connectivity index (χ3n) is 2.63. The second-order valence-corrected chi connectivity index (χ2v) is 3.94. The Bertz CT molecular complexity index is 685. The lowest BCUT2D eigenvalue weighted by molar-refractivity contribution is 0.412. The van der Waals surface area contributed by atoms with Crippen LogP contribution in [0.3, 0.4) is 0 Å². The van der Waals surface area contributed by atoms with Crippen LogP contribution in [0.15, 0.2) is 45.3 Å². The van der Waals surface area contributed by atoms with Crippen LogP contribution in [0.5, 0.6) is 5.75 Å². The molecule has 0 aliphatic heterocycles. The summed E-state index contributed by atoms with van der Waals surface area (Å²) in [4.78, 5) is 4.23. The summed E-state index contributed by atoms with van der Waals surface area (Å²) in [6, 6.07) is 10.0. The summed E-state index contributed by atoms with van der Waals surface area (Å²) < 4.78 is 10.6. The molecule has 0 aliphatic carbocycles. The Morgan fingerprint density at radius 3 is 2.58 bits per heavy atom. The lowest BCUT2D eigenvalue weighted by atomic mass is 10.2. The predicted octanol–water partition coefficient (Wildman–Crippen LogP) is 2.16. The second-order valence-electron chi connectivity index (χ2n) is 3.94. The summed E-state index contributed by atoms with van der Waals surface area (Å²) in [6.45, 7) is 0.318. The first-order valence-corrected chi connectivity index (χ1v) is 5.68. The highest BCUT2D eigenvalue weighted by Crippen LogP contribution is 2.24. The van der Waals surface area contributed by atoms with Gasteiger partial charge in [-0.1, -0.05) is 5.16 Å². The fourth-order valence-electron chi connectivity index (χ4n) is 1.65. The van der Waals surface area contributed by atoms with Crippen LogP contribution in [-0.2, 0) is 6.54 Å². The number of rotatable bonds is 3. The van der Waals surface area contributed by atoms with Gasteiger partial charge in [0, 0.05) is 5.56 Å². The van der Waals surface area contributed by atoms with Crippen molar-refractivity contribution in [2.45, 2.75) is 6.54 Å². The van der Waals surface area contributed by atoms with Gasteiger partial charge in [0.15, 0.2) is 5.76 Å². The maximum absolute atomic E-state index is 9.23. The van der Waals surface area contributed by atoms with Gasteiger partial charge >= 0.3 is 0 Å². The van der Waals surface area contributed by atoms with Crippen molar-refractivity contribution in [3.63, 3.8) is 0 Å². The number of phenolic OH excluding ortho intramolecular Hbond substituents is 1. The van der Waals surface area contributed by atoms with E-state index in [1.807, 2.05) is 0 Å². The average molecular weight is 257 g/mol. The van der Waals surface area contributed by atoms with Gasteiger partial charge in [-0.3, -0.25) is 0 Å². The van der Waals surface area contributed by atoms with E-state index in [2.05, 4.69) is 10.1 Å². The lowest BCUT2D eigenvalue weighted by Crippen LogP contribution is -1.92. The molecular formula is C13H11N3O3. The molecule has 0 radical (unpaired) electrons. The third kappa shape index (κ3) is 2.21. The van der Waals surface area contributed by atoms with Gasteiger partial charge in [-0.15, -0.1) is 0 Å². The van der Waals surface area contributed by atoms with Gasteiger partial charge in [0.2, 0.25) is 5.82 Å². The Morgan fingerprint density at radius 1 is 1.11 bits per heavy atom. The van der Waals surface area contributed by atoms with Crippen molar-refractivity contribution in [3.8, 4) is 28.8 Å². The molecule has 3 aromatic rings. The first kappa shape index (κ1) is 11.5. The van der Waals surface area contributed by atoms with E-state index in [9.17, 15) is 5.11 Å². The fourth-order valence-corrected chi connectivity index (χ4v) is 1.65. The van der Waals surface area contributed by atoms with Crippen LogP contribution in [-0.4, -0.2) is 15.2 Å². The summed E-state index contributed by atoms with van der Waals surface area (Å²) in [5, 5.41) is 13.1. The number of nitrogens with two attached hydrogens (primary N) is 1. The second kappa shape index (κ2) is 4.58. The predicted molar refractivity (Wildman–Crippen MR) is 67.0 cm³/mol. The Morgan fingerprint density at radius 2 is 1.89 bits per heavy atom. The van der Waals surface area contributed by atoms with Crippen LogP contribution in [0.1, 0.15) is 5.76 Å². The maximum Gasteiger partial charge on any atom is 0.293 e. The van der Waals surface area contributed by atoms with Gasteiger partial charge in [-0.25, -0.2) is 0 Å². The summed E-state index contributed by atoms with van der Waals surface area (Å²) in [5.74, 6) is 2.05. The van der Waals surface area contributed by atoms with E-state index in [0.717, 1.165) is 5.56 Å². The standard InChI is InChI=1S/C13H11N3O3/c14-7-10-5-6-11(18-10)13-15-12(16-19-13)8-1-3-9(17)4-2-8/h1-6,17H,7,14H2. The van der Waals surface area contributed by atoms with Crippen LogP contribution in [0.4, 0.5) is 0 Å². The Balaban J connectivity index is 1.92. The van der Waals surface area contributed by atoms with E-state index in [1.165, 1.54) is 0 Å². The zero-order chi connectivity index (χ0) is 13.2. The van der Waals surface area contributed by atoms with E-state index in [0.29, 0.717) is 29.8 Å². The van der Waals surface area contributed by atoms with Crippen LogP contribution >= 0.6 is 0 Å². The van der Waals surface area contributed by atoms with Crippen molar-refractivity contribution in [1.82, 2.24) is 10.1 Å². The minimum absolute atomic E-state index is 0.186. The van der Waals surface area contributed by atoms with E-state index in [4.69, 9.17) is 14.7 Å². The quantitative estimate of drug-likeness (QED) is 0.746. The molecule has 0 aliphatic rings. The van der Waals surface area contributed by atoms with Crippen LogP contribution in [0, 0.1) is 0 Å². The number of hydrogen-bond acceptors (Lipinski definition) is 6. The topological polar surface area (TPSA) is 98.3 Å². The first-order chi connectivity index (χ1) is 9.26. The van der Waals surface area contributed by atoms with Gasteiger partial charge < -0.3 is 19.8 Å². The minimum atomic E-state index is 0.186. The molecule has 0 amide bonds. The molecule has 0 fully saturated rings. The first-order valence-electron chi connectivity index (χ1n) is 5.68. The van der Waals surface area contributed by atoms with Crippen molar-refractivity contribution in [1.29, 1.82) is 0 Å². The molecule has 6 heteroatoms. The molecule has 96 valence electrons. The van der Waals surface area contributed by atoms with Crippen molar-refractivity contribution in [3.05, 3.63) is 42.2 Å². The van der Waals surface area contributed by atoms with E-state index in [-0.39, 0.29) is 5.75 Å². The summed E-state index contributed by atoms with van der Waals surface area (Å²) in [7, 11) is 0. The zero-order valence-corrected chi connectivity index (χ0v) is 9.91. The number of aromatic nitrogens is 2. The molecule has 0 saturated heterocycles. The van der Waals surface area contributed by atoms with Gasteiger partial charge in [0.05, 0.1) is 6.54 Å². The van der Waals surface area contributed by atoms with Crippen LogP contribution in [0.2, 0.25) is 0 Å². The molecule has 3 rings (SSSR count). The number of furan rings is 1. The summed E-state index contributed by atoms with van der Waals surface area (Å²) in [6.07, 6.45) is 0. The van der Waals surface area contributed by atoms with Crippen molar-refractivity contribution >= 4 is 0 Å². The number of benzene rings is 1. The van der Waals surface area contributed by atoms with E-state index >= 15 is 0 Å².